The first-order chi connectivity index (χ1) is 7.72. The lowest BCUT2D eigenvalue weighted by molar-refractivity contribution is -0.121. The minimum absolute atomic E-state index is 0.0417. The summed E-state index contributed by atoms with van der Waals surface area (Å²) < 4.78 is 5.32. The smallest absolute Gasteiger partial charge is 0.265 e. The van der Waals surface area contributed by atoms with Gasteiger partial charge in [-0.3, -0.25) is 4.79 Å². The number of fused-ring (bicyclic) bond motifs is 1. The molecule has 2 rings (SSSR count). The molecule has 3 nitrogen and oxygen atoms in total. The maximum absolute atomic E-state index is 11.7. The third-order valence-corrected chi connectivity index (χ3v) is 2.88. The highest BCUT2D eigenvalue weighted by molar-refractivity contribution is 6.30. The van der Waals surface area contributed by atoms with E-state index in [4.69, 9.17) is 27.9 Å². The third kappa shape index (κ3) is 2.25. The Balaban J connectivity index is 2.29. The number of carbonyl (C=O) groups is 1. The van der Waals surface area contributed by atoms with E-state index >= 15 is 0 Å². The molecule has 0 N–H and O–H groups in total. The molecule has 1 aromatic carbocycles. The number of rotatable bonds is 3. The molecule has 1 aromatic rings. The average molecular weight is 260 g/mol. The summed E-state index contributed by atoms with van der Waals surface area (Å²) in [5.41, 5.74) is 0.769. The van der Waals surface area contributed by atoms with Gasteiger partial charge in [-0.15, -0.1) is 11.6 Å². The molecule has 0 fully saturated rings. The Morgan fingerprint density at radius 2 is 2.25 bits per heavy atom. The largest absolute Gasteiger partial charge is 0.482 e. The van der Waals surface area contributed by atoms with E-state index in [0.29, 0.717) is 23.2 Å². The van der Waals surface area contributed by atoms with E-state index < -0.39 is 0 Å². The van der Waals surface area contributed by atoms with Gasteiger partial charge in [-0.2, -0.15) is 0 Å². The van der Waals surface area contributed by atoms with Crippen molar-refractivity contribution < 1.29 is 9.53 Å². The predicted octanol–water partition coefficient (Wildman–Crippen LogP) is 2.69. The molecule has 16 heavy (non-hydrogen) atoms. The second-order valence-electron chi connectivity index (χ2n) is 3.49. The van der Waals surface area contributed by atoms with Crippen molar-refractivity contribution in [3.05, 3.63) is 23.2 Å². The SMILES string of the molecule is O=C1COc2cc(Cl)ccc2N1CCCCl. The molecule has 0 saturated carbocycles. The summed E-state index contributed by atoms with van der Waals surface area (Å²) in [5.74, 6) is 1.15. The van der Waals surface area contributed by atoms with E-state index in [1.54, 1.807) is 23.1 Å². The highest BCUT2D eigenvalue weighted by Crippen LogP contribution is 2.34. The number of hydrogen-bond acceptors (Lipinski definition) is 2. The number of amides is 1. The molecular formula is C11H11Cl2NO2. The maximum atomic E-state index is 11.7. The molecule has 0 saturated heterocycles. The van der Waals surface area contributed by atoms with Crippen molar-refractivity contribution in [2.24, 2.45) is 0 Å². The molecule has 1 heterocycles. The van der Waals surface area contributed by atoms with E-state index in [1.165, 1.54) is 0 Å². The molecule has 0 unspecified atom stereocenters. The summed E-state index contributed by atoms with van der Waals surface area (Å²) in [6.45, 7) is 0.677. The topological polar surface area (TPSA) is 29.5 Å². The number of hydrogen-bond donors (Lipinski definition) is 0. The van der Waals surface area contributed by atoms with Gasteiger partial charge >= 0.3 is 0 Å². The monoisotopic (exact) mass is 259 g/mol. The molecule has 1 amide bonds. The first-order valence-electron chi connectivity index (χ1n) is 5.01. The zero-order valence-corrected chi connectivity index (χ0v) is 10.1. The summed E-state index contributed by atoms with van der Waals surface area (Å²) in [5, 5.41) is 0.602. The molecule has 86 valence electrons. The van der Waals surface area contributed by atoms with Crippen LogP contribution in [0.1, 0.15) is 6.42 Å². The Bertz CT molecular complexity index is 409. The Hall–Kier alpha value is -0.930. The molecule has 0 radical (unpaired) electrons. The van der Waals surface area contributed by atoms with Crippen molar-refractivity contribution in [1.82, 2.24) is 0 Å². The van der Waals surface area contributed by atoms with Crippen LogP contribution in [0, 0.1) is 0 Å². The van der Waals surface area contributed by atoms with Gasteiger partial charge in [-0.25, -0.2) is 0 Å². The number of halogens is 2. The molecule has 0 spiro atoms. The summed E-state index contributed by atoms with van der Waals surface area (Å²) in [7, 11) is 0. The van der Waals surface area contributed by atoms with Gasteiger partial charge in [0.2, 0.25) is 0 Å². The molecular weight excluding hydrogens is 249 g/mol. The molecule has 1 aliphatic rings. The fourth-order valence-corrected chi connectivity index (χ4v) is 1.92. The van der Waals surface area contributed by atoms with Gasteiger partial charge in [-0.05, 0) is 18.6 Å². The van der Waals surface area contributed by atoms with Crippen LogP contribution in [0.3, 0.4) is 0 Å². The molecule has 0 atom stereocenters. The summed E-state index contributed by atoms with van der Waals surface area (Å²) >= 11 is 11.5. The lowest BCUT2D eigenvalue weighted by Gasteiger charge is -2.29. The average Bonchev–Trinajstić information content (AvgIpc) is 2.28. The van der Waals surface area contributed by atoms with Crippen molar-refractivity contribution in [3.63, 3.8) is 0 Å². The minimum atomic E-state index is -0.0417. The van der Waals surface area contributed by atoms with Crippen molar-refractivity contribution in [1.29, 1.82) is 0 Å². The zero-order chi connectivity index (χ0) is 11.5. The minimum Gasteiger partial charge on any atom is -0.482 e. The molecule has 5 heteroatoms. The number of ether oxygens (including phenoxy) is 1. The van der Waals surface area contributed by atoms with Gasteiger partial charge in [0, 0.05) is 23.5 Å². The second kappa shape index (κ2) is 4.93. The van der Waals surface area contributed by atoms with Crippen molar-refractivity contribution in [2.75, 3.05) is 23.9 Å². The summed E-state index contributed by atoms with van der Waals surface area (Å²) in [6, 6.07) is 5.26. The van der Waals surface area contributed by atoms with Gasteiger partial charge in [-0.1, -0.05) is 11.6 Å². The maximum Gasteiger partial charge on any atom is 0.265 e. The fourth-order valence-electron chi connectivity index (χ4n) is 1.64. The Kier molecular flexibility index (Phi) is 3.56. The zero-order valence-electron chi connectivity index (χ0n) is 8.58. The molecule has 0 bridgehead atoms. The highest BCUT2D eigenvalue weighted by atomic mass is 35.5. The normalized spacial score (nSPS) is 14.6. The fraction of sp³-hybridized carbons (Fsp3) is 0.364. The van der Waals surface area contributed by atoms with Crippen LogP contribution < -0.4 is 9.64 Å². The van der Waals surface area contributed by atoms with Crippen LogP contribution in [0.25, 0.3) is 0 Å². The second-order valence-corrected chi connectivity index (χ2v) is 4.30. The van der Waals surface area contributed by atoms with Crippen LogP contribution in [-0.4, -0.2) is 24.9 Å². The number of alkyl halides is 1. The van der Waals surface area contributed by atoms with E-state index in [0.717, 1.165) is 12.1 Å². The number of benzene rings is 1. The van der Waals surface area contributed by atoms with E-state index in [2.05, 4.69) is 0 Å². The summed E-state index contributed by atoms with van der Waals surface area (Å²) in [6.07, 6.45) is 0.759. The number of anilines is 1. The lowest BCUT2D eigenvalue weighted by Crippen LogP contribution is -2.39. The van der Waals surface area contributed by atoms with Crippen molar-refractivity contribution in [3.8, 4) is 5.75 Å². The van der Waals surface area contributed by atoms with Gasteiger partial charge in [0.25, 0.3) is 5.91 Å². The van der Waals surface area contributed by atoms with E-state index in [9.17, 15) is 4.79 Å². The van der Waals surface area contributed by atoms with Crippen LogP contribution >= 0.6 is 23.2 Å². The van der Waals surface area contributed by atoms with Gasteiger partial charge in [0.15, 0.2) is 6.61 Å². The Morgan fingerprint density at radius 3 is 3.00 bits per heavy atom. The molecule has 0 aliphatic carbocycles. The number of carbonyl (C=O) groups excluding carboxylic acids is 1. The van der Waals surface area contributed by atoms with Crippen LogP contribution in [-0.2, 0) is 4.79 Å². The van der Waals surface area contributed by atoms with Gasteiger partial charge < -0.3 is 9.64 Å². The highest BCUT2D eigenvalue weighted by Gasteiger charge is 2.24. The first-order valence-corrected chi connectivity index (χ1v) is 5.92. The molecule has 1 aliphatic heterocycles. The number of nitrogens with zero attached hydrogens (tertiary/aromatic N) is 1. The standard InChI is InChI=1S/C11H11Cl2NO2/c12-4-1-5-14-9-3-2-8(13)6-10(9)16-7-11(14)15/h2-3,6H,1,4-5,7H2. The van der Waals surface area contributed by atoms with Crippen molar-refractivity contribution >= 4 is 34.8 Å². The van der Waals surface area contributed by atoms with Crippen LogP contribution in [0.15, 0.2) is 18.2 Å². The molecule has 0 aromatic heterocycles. The lowest BCUT2D eigenvalue weighted by atomic mass is 10.2. The Morgan fingerprint density at radius 1 is 1.44 bits per heavy atom. The first kappa shape index (κ1) is 11.6. The van der Waals surface area contributed by atoms with E-state index in [-0.39, 0.29) is 12.5 Å². The quantitative estimate of drug-likeness (QED) is 0.782. The van der Waals surface area contributed by atoms with Gasteiger partial charge in [0.1, 0.15) is 5.75 Å². The van der Waals surface area contributed by atoms with Crippen molar-refractivity contribution in [2.45, 2.75) is 6.42 Å². The van der Waals surface area contributed by atoms with Crippen LogP contribution in [0.5, 0.6) is 5.75 Å². The van der Waals surface area contributed by atoms with Crippen LogP contribution in [0.2, 0.25) is 5.02 Å². The Labute approximate surface area is 104 Å². The van der Waals surface area contributed by atoms with E-state index in [1.807, 2.05) is 0 Å². The van der Waals surface area contributed by atoms with Crippen LogP contribution in [0.4, 0.5) is 5.69 Å². The predicted molar refractivity (Wildman–Crippen MR) is 64.6 cm³/mol. The van der Waals surface area contributed by atoms with Gasteiger partial charge in [0.05, 0.1) is 5.69 Å². The summed E-state index contributed by atoms with van der Waals surface area (Å²) in [4.78, 5) is 13.4. The third-order valence-electron chi connectivity index (χ3n) is 2.38.